The van der Waals surface area contributed by atoms with Gasteiger partial charge in [-0.3, -0.25) is 14.6 Å². The lowest BCUT2D eigenvalue weighted by Gasteiger charge is -2.16. The Morgan fingerprint density at radius 3 is 2.17 bits per heavy atom. The Morgan fingerprint density at radius 1 is 0.933 bits per heavy atom. The fourth-order valence-corrected chi connectivity index (χ4v) is 3.19. The summed E-state index contributed by atoms with van der Waals surface area (Å²) in [5, 5.41) is 6.21. The number of ether oxygens (including phenoxy) is 1. The van der Waals surface area contributed by atoms with Crippen LogP contribution in [0.25, 0.3) is 10.9 Å². The second-order valence-corrected chi connectivity index (χ2v) is 7.01. The summed E-state index contributed by atoms with van der Waals surface area (Å²) in [7, 11) is 0. The zero-order chi connectivity index (χ0) is 21.8. The van der Waals surface area contributed by atoms with E-state index in [2.05, 4.69) is 15.6 Å². The third-order valence-corrected chi connectivity index (χ3v) is 4.66. The fraction of sp³-hybridized carbons (Fsp3) is 0.217. The summed E-state index contributed by atoms with van der Waals surface area (Å²) < 4.78 is 5.41. The van der Waals surface area contributed by atoms with Gasteiger partial charge in [0, 0.05) is 23.7 Å². The van der Waals surface area contributed by atoms with E-state index in [1.165, 1.54) is 13.8 Å². The van der Waals surface area contributed by atoms with Crippen LogP contribution in [0.3, 0.4) is 0 Å². The van der Waals surface area contributed by atoms with Gasteiger partial charge in [-0.2, -0.15) is 0 Å². The third kappa shape index (κ3) is 4.63. The largest absolute Gasteiger partial charge is 0.449 e. The van der Waals surface area contributed by atoms with Crippen LogP contribution in [-0.4, -0.2) is 28.9 Å². The predicted octanol–water partition coefficient (Wildman–Crippen LogP) is 3.99. The van der Waals surface area contributed by atoms with Gasteiger partial charge in [0.1, 0.15) is 0 Å². The van der Waals surface area contributed by atoms with Crippen LogP contribution < -0.4 is 10.6 Å². The number of nitrogens with one attached hydrogen (secondary N) is 2. The number of anilines is 2. The van der Waals surface area contributed by atoms with E-state index in [9.17, 15) is 14.4 Å². The summed E-state index contributed by atoms with van der Waals surface area (Å²) in [6.07, 6.45) is -1.00. The van der Waals surface area contributed by atoms with Crippen molar-refractivity contribution in [1.82, 2.24) is 4.98 Å². The summed E-state index contributed by atoms with van der Waals surface area (Å²) in [5.41, 5.74) is 3.64. The highest BCUT2D eigenvalue weighted by molar-refractivity contribution is 6.01. The van der Waals surface area contributed by atoms with Crippen LogP contribution >= 0.6 is 0 Å². The molecule has 7 heteroatoms. The summed E-state index contributed by atoms with van der Waals surface area (Å²) in [6, 6.07) is 14.2. The molecule has 2 aromatic carbocycles. The first-order valence-electron chi connectivity index (χ1n) is 9.51. The van der Waals surface area contributed by atoms with Gasteiger partial charge >= 0.3 is 5.97 Å². The van der Waals surface area contributed by atoms with Crippen molar-refractivity contribution in [2.24, 2.45) is 0 Å². The van der Waals surface area contributed by atoms with Gasteiger partial charge in [-0.1, -0.05) is 18.2 Å². The number of aromatic nitrogens is 1. The van der Waals surface area contributed by atoms with E-state index in [1.807, 2.05) is 31.2 Å². The third-order valence-electron chi connectivity index (χ3n) is 4.66. The van der Waals surface area contributed by atoms with E-state index in [0.717, 1.165) is 16.5 Å². The quantitative estimate of drug-likeness (QED) is 0.626. The van der Waals surface area contributed by atoms with Crippen LogP contribution in [0.4, 0.5) is 11.4 Å². The zero-order valence-corrected chi connectivity index (χ0v) is 17.3. The average Bonchev–Trinajstić information content (AvgIpc) is 2.69. The topological polar surface area (TPSA) is 97.4 Å². The van der Waals surface area contributed by atoms with E-state index in [0.29, 0.717) is 22.6 Å². The first-order chi connectivity index (χ1) is 14.3. The Bertz CT molecular complexity index is 1120. The van der Waals surface area contributed by atoms with E-state index in [-0.39, 0.29) is 5.91 Å². The minimum atomic E-state index is -1.00. The number of para-hydroxylation sites is 1. The molecule has 2 N–H and O–H groups in total. The van der Waals surface area contributed by atoms with E-state index in [4.69, 9.17) is 4.74 Å². The number of pyridine rings is 1. The molecule has 0 fully saturated rings. The fourth-order valence-electron chi connectivity index (χ4n) is 3.19. The van der Waals surface area contributed by atoms with Gasteiger partial charge in [-0.15, -0.1) is 0 Å². The lowest BCUT2D eigenvalue weighted by Crippen LogP contribution is -2.30. The van der Waals surface area contributed by atoms with Crippen molar-refractivity contribution < 1.29 is 19.1 Å². The number of esters is 1. The van der Waals surface area contributed by atoms with Crippen molar-refractivity contribution in [2.45, 2.75) is 33.8 Å². The molecule has 3 rings (SSSR count). The van der Waals surface area contributed by atoms with Crippen LogP contribution in [0.2, 0.25) is 0 Å². The van der Waals surface area contributed by atoms with Gasteiger partial charge in [-0.05, 0) is 56.7 Å². The number of hydrogen-bond acceptors (Lipinski definition) is 5. The lowest BCUT2D eigenvalue weighted by atomic mass is 10.0. The Balaban J connectivity index is 1.70. The first-order valence-corrected chi connectivity index (χ1v) is 9.51. The molecular weight excluding hydrogens is 382 g/mol. The Hall–Kier alpha value is -3.74. The second kappa shape index (κ2) is 8.73. The molecule has 0 spiro atoms. The molecule has 1 aromatic heterocycles. The Morgan fingerprint density at radius 2 is 1.53 bits per heavy atom. The van der Waals surface area contributed by atoms with Crippen LogP contribution in [0.5, 0.6) is 0 Å². The normalized spacial score (nSPS) is 11.6. The van der Waals surface area contributed by atoms with E-state index >= 15 is 0 Å². The minimum Gasteiger partial charge on any atom is -0.449 e. The molecule has 1 atom stereocenters. The van der Waals surface area contributed by atoms with Crippen molar-refractivity contribution in [3.8, 4) is 0 Å². The van der Waals surface area contributed by atoms with Gasteiger partial charge in [0.2, 0.25) is 5.91 Å². The number of amides is 2. The standard InChI is InChI=1S/C23H23N3O4/c1-13-19-7-5-6-8-20(19)24-14(2)21(13)23(29)30-15(3)22(28)26-18-11-9-17(10-12-18)25-16(4)27/h5-12,15H,1-4H3,(H,25,27)(H,26,28)/t15-/m1/s1. The van der Waals surface area contributed by atoms with E-state index < -0.39 is 18.0 Å². The van der Waals surface area contributed by atoms with Crippen molar-refractivity contribution in [3.63, 3.8) is 0 Å². The van der Waals surface area contributed by atoms with Crippen LogP contribution in [0.1, 0.15) is 35.5 Å². The minimum absolute atomic E-state index is 0.180. The highest BCUT2D eigenvalue weighted by Gasteiger charge is 2.23. The maximum atomic E-state index is 12.8. The smallest absolute Gasteiger partial charge is 0.341 e. The van der Waals surface area contributed by atoms with Gasteiger partial charge in [0.25, 0.3) is 5.91 Å². The molecule has 0 aliphatic carbocycles. The van der Waals surface area contributed by atoms with Crippen LogP contribution in [0, 0.1) is 13.8 Å². The molecule has 0 saturated heterocycles. The highest BCUT2D eigenvalue weighted by Crippen LogP contribution is 2.23. The summed E-state index contributed by atoms with van der Waals surface area (Å²) in [6.45, 7) is 6.52. The molecule has 30 heavy (non-hydrogen) atoms. The van der Waals surface area contributed by atoms with Crippen LogP contribution in [0.15, 0.2) is 48.5 Å². The van der Waals surface area contributed by atoms with Gasteiger partial charge in [-0.25, -0.2) is 4.79 Å². The molecule has 0 aliphatic rings. The molecule has 0 bridgehead atoms. The number of fused-ring (bicyclic) bond motifs is 1. The number of hydrogen-bond donors (Lipinski definition) is 2. The van der Waals surface area contributed by atoms with Crippen molar-refractivity contribution >= 4 is 40.1 Å². The van der Waals surface area contributed by atoms with Crippen LogP contribution in [-0.2, 0) is 14.3 Å². The maximum Gasteiger partial charge on any atom is 0.341 e. The number of rotatable bonds is 5. The number of nitrogens with zero attached hydrogens (tertiary/aromatic N) is 1. The number of carbonyl (C=O) groups excluding carboxylic acids is 3. The van der Waals surface area contributed by atoms with Gasteiger partial charge < -0.3 is 15.4 Å². The van der Waals surface area contributed by atoms with E-state index in [1.54, 1.807) is 31.2 Å². The zero-order valence-electron chi connectivity index (χ0n) is 17.3. The van der Waals surface area contributed by atoms with Crippen molar-refractivity contribution in [2.75, 3.05) is 10.6 Å². The van der Waals surface area contributed by atoms with Gasteiger partial charge in [0.15, 0.2) is 6.10 Å². The summed E-state index contributed by atoms with van der Waals surface area (Å²) in [5.74, 6) is -1.23. The Labute approximate surface area is 174 Å². The summed E-state index contributed by atoms with van der Waals surface area (Å²) >= 11 is 0. The number of aryl methyl sites for hydroxylation is 2. The number of benzene rings is 2. The molecule has 0 saturated carbocycles. The highest BCUT2D eigenvalue weighted by atomic mass is 16.5. The molecule has 1 heterocycles. The van der Waals surface area contributed by atoms with Crippen molar-refractivity contribution in [1.29, 1.82) is 0 Å². The SMILES string of the molecule is CC(=O)Nc1ccc(NC(=O)[C@@H](C)OC(=O)c2c(C)nc3ccccc3c2C)cc1. The monoisotopic (exact) mass is 405 g/mol. The lowest BCUT2D eigenvalue weighted by molar-refractivity contribution is -0.123. The van der Waals surface area contributed by atoms with Crippen molar-refractivity contribution in [3.05, 3.63) is 65.4 Å². The second-order valence-electron chi connectivity index (χ2n) is 7.01. The average molecular weight is 405 g/mol. The molecular formula is C23H23N3O4. The summed E-state index contributed by atoms with van der Waals surface area (Å²) in [4.78, 5) is 40.8. The molecule has 3 aromatic rings. The van der Waals surface area contributed by atoms with Gasteiger partial charge in [0.05, 0.1) is 16.8 Å². The molecule has 0 radical (unpaired) electrons. The molecule has 154 valence electrons. The Kier molecular flexibility index (Phi) is 6.11. The molecule has 0 unspecified atom stereocenters. The maximum absolute atomic E-state index is 12.8. The molecule has 2 amide bonds. The first kappa shape index (κ1) is 21.0. The molecule has 0 aliphatic heterocycles. The predicted molar refractivity (Wildman–Crippen MR) is 115 cm³/mol. The number of carbonyl (C=O) groups is 3. The molecule has 7 nitrogen and oxygen atoms in total.